The largest absolute Gasteiger partial charge is 0.508 e. The molecule has 0 saturated heterocycles. The highest BCUT2D eigenvalue weighted by atomic mass is 16.3. The summed E-state index contributed by atoms with van der Waals surface area (Å²) < 4.78 is 0. The highest BCUT2D eigenvalue weighted by Crippen LogP contribution is 2.10. The second-order valence-corrected chi connectivity index (χ2v) is 3.38. The molecule has 0 spiro atoms. The summed E-state index contributed by atoms with van der Waals surface area (Å²) in [6.45, 7) is 0. The van der Waals surface area contributed by atoms with Gasteiger partial charge >= 0.3 is 0 Å². The number of benzene rings is 1. The Hall–Kier alpha value is -2.56. The molecule has 0 aliphatic rings. The Morgan fingerprint density at radius 3 is 2.71 bits per heavy atom. The van der Waals surface area contributed by atoms with E-state index in [1.165, 1.54) is 6.08 Å². The highest BCUT2D eigenvalue weighted by molar-refractivity contribution is 6.01. The molecule has 0 aliphatic heterocycles. The molecule has 17 heavy (non-hydrogen) atoms. The standard InChI is InChI=1S/C12H11N3O2/c16-10-4-1-9(2-5-10)3-6-12(17)14-11-7-8-13-15-11/h1-8,16H,(H2,13,14,15,17). The Balaban J connectivity index is 1.96. The van der Waals surface area contributed by atoms with Gasteiger partial charge in [0.2, 0.25) is 5.91 Å². The van der Waals surface area contributed by atoms with Crippen molar-refractivity contribution in [1.29, 1.82) is 0 Å². The maximum Gasteiger partial charge on any atom is 0.249 e. The number of phenols is 1. The van der Waals surface area contributed by atoms with E-state index >= 15 is 0 Å². The summed E-state index contributed by atoms with van der Waals surface area (Å²) >= 11 is 0. The molecule has 0 aliphatic carbocycles. The molecular weight excluding hydrogens is 218 g/mol. The minimum Gasteiger partial charge on any atom is -0.508 e. The topological polar surface area (TPSA) is 78.0 Å². The minimum atomic E-state index is -0.248. The lowest BCUT2D eigenvalue weighted by atomic mass is 10.2. The van der Waals surface area contributed by atoms with Crippen LogP contribution in [-0.4, -0.2) is 21.2 Å². The molecule has 0 atom stereocenters. The van der Waals surface area contributed by atoms with Crippen LogP contribution in [0.3, 0.4) is 0 Å². The van der Waals surface area contributed by atoms with Crippen LogP contribution in [0.2, 0.25) is 0 Å². The number of hydrogen-bond donors (Lipinski definition) is 3. The lowest BCUT2D eigenvalue weighted by Crippen LogP contribution is -2.07. The number of H-pyrrole nitrogens is 1. The summed E-state index contributed by atoms with van der Waals surface area (Å²) in [4.78, 5) is 11.5. The van der Waals surface area contributed by atoms with E-state index in [1.807, 2.05) is 0 Å². The molecule has 86 valence electrons. The van der Waals surface area contributed by atoms with Gasteiger partial charge in [0.1, 0.15) is 11.6 Å². The number of aromatic amines is 1. The summed E-state index contributed by atoms with van der Waals surface area (Å²) in [5.41, 5.74) is 0.836. The van der Waals surface area contributed by atoms with Crippen molar-refractivity contribution in [2.45, 2.75) is 0 Å². The Kier molecular flexibility index (Phi) is 3.20. The van der Waals surface area contributed by atoms with Gasteiger partial charge < -0.3 is 10.4 Å². The zero-order valence-corrected chi connectivity index (χ0v) is 8.92. The molecule has 2 aromatic rings. The third-order valence-electron chi connectivity index (χ3n) is 2.08. The second kappa shape index (κ2) is 4.98. The van der Waals surface area contributed by atoms with Gasteiger partial charge in [-0.25, -0.2) is 0 Å². The maximum absolute atomic E-state index is 11.5. The molecule has 0 fully saturated rings. The summed E-state index contributed by atoms with van der Waals surface area (Å²) in [6.07, 6.45) is 4.62. The first-order valence-corrected chi connectivity index (χ1v) is 5.01. The lowest BCUT2D eigenvalue weighted by Gasteiger charge is -1.97. The van der Waals surface area contributed by atoms with Gasteiger partial charge in [-0.05, 0) is 23.8 Å². The number of nitrogens with one attached hydrogen (secondary N) is 2. The normalized spacial score (nSPS) is 10.6. The van der Waals surface area contributed by atoms with Crippen molar-refractivity contribution in [1.82, 2.24) is 10.2 Å². The fourth-order valence-corrected chi connectivity index (χ4v) is 1.26. The smallest absolute Gasteiger partial charge is 0.249 e. The third kappa shape index (κ3) is 3.20. The molecule has 0 saturated carbocycles. The molecule has 5 nitrogen and oxygen atoms in total. The van der Waals surface area contributed by atoms with Crippen LogP contribution in [0.5, 0.6) is 5.75 Å². The van der Waals surface area contributed by atoms with Gasteiger partial charge in [0, 0.05) is 12.1 Å². The van der Waals surface area contributed by atoms with E-state index in [0.717, 1.165) is 5.56 Å². The van der Waals surface area contributed by atoms with Crippen molar-refractivity contribution in [3.8, 4) is 5.75 Å². The fraction of sp³-hybridized carbons (Fsp3) is 0. The van der Waals surface area contributed by atoms with Crippen molar-refractivity contribution in [3.05, 3.63) is 48.2 Å². The molecule has 2 rings (SSSR count). The van der Waals surface area contributed by atoms with E-state index in [2.05, 4.69) is 15.5 Å². The average Bonchev–Trinajstić information content (AvgIpc) is 2.81. The molecule has 1 aromatic heterocycles. The zero-order chi connectivity index (χ0) is 12.1. The predicted octanol–water partition coefficient (Wildman–Crippen LogP) is 1.77. The van der Waals surface area contributed by atoms with Crippen molar-refractivity contribution >= 4 is 17.8 Å². The average molecular weight is 229 g/mol. The van der Waals surface area contributed by atoms with Crippen LogP contribution < -0.4 is 5.32 Å². The van der Waals surface area contributed by atoms with Gasteiger partial charge in [0.15, 0.2) is 0 Å². The predicted molar refractivity (Wildman–Crippen MR) is 64.4 cm³/mol. The molecule has 1 amide bonds. The zero-order valence-electron chi connectivity index (χ0n) is 8.92. The number of carbonyl (C=O) groups is 1. The van der Waals surface area contributed by atoms with Gasteiger partial charge in [0.05, 0.1) is 6.20 Å². The first-order chi connectivity index (χ1) is 8.24. The van der Waals surface area contributed by atoms with Crippen LogP contribution in [0.1, 0.15) is 5.56 Å². The number of aromatic nitrogens is 2. The van der Waals surface area contributed by atoms with Crippen molar-refractivity contribution < 1.29 is 9.90 Å². The summed E-state index contributed by atoms with van der Waals surface area (Å²) in [5.74, 6) is 0.497. The van der Waals surface area contributed by atoms with E-state index in [0.29, 0.717) is 5.82 Å². The van der Waals surface area contributed by atoms with E-state index in [-0.39, 0.29) is 11.7 Å². The van der Waals surface area contributed by atoms with Crippen LogP contribution in [0.15, 0.2) is 42.6 Å². The molecule has 0 radical (unpaired) electrons. The molecule has 3 N–H and O–H groups in total. The van der Waals surface area contributed by atoms with Crippen LogP contribution in [0.25, 0.3) is 6.08 Å². The van der Waals surface area contributed by atoms with Gasteiger partial charge in [-0.2, -0.15) is 5.10 Å². The number of hydrogen-bond acceptors (Lipinski definition) is 3. The number of phenolic OH excluding ortho intramolecular Hbond substituents is 1. The quantitative estimate of drug-likeness (QED) is 0.702. The first-order valence-electron chi connectivity index (χ1n) is 5.01. The van der Waals surface area contributed by atoms with Gasteiger partial charge in [-0.1, -0.05) is 12.1 Å². The first kappa shape index (κ1) is 10.9. The number of aromatic hydroxyl groups is 1. The highest BCUT2D eigenvalue weighted by Gasteiger charge is 1.97. The monoisotopic (exact) mass is 229 g/mol. The van der Waals surface area contributed by atoms with E-state index in [4.69, 9.17) is 5.11 Å². The number of amides is 1. The number of nitrogens with zero attached hydrogens (tertiary/aromatic N) is 1. The van der Waals surface area contributed by atoms with Gasteiger partial charge in [-0.3, -0.25) is 9.89 Å². The third-order valence-corrected chi connectivity index (χ3v) is 2.08. The SMILES string of the molecule is O=C(C=Cc1ccc(O)cc1)Nc1ccn[nH]1. The molecule has 1 heterocycles. The van der Waals surface area contributed by atoms with Gasteiger partial charge in [-0.15, -0.1) is 0 Å². The molecular formula is C12H11N3O2. The Labute approximate surface area is 97.8 Å². The van der Waals surface area contributed by atoms with Crippen molar-refractivity contribution in [3.63, 3.8) is 0 Å². The molecule has 5 heteroatoms. The van der Waals surface area contributed by atoms with Crippen LogP contribution in [0.4, 0.5) is 5.82 Å². The molecule has 0 bridgehead atoms. The summed E-state index contributed by atoms with van der Waals surface area (Å²) in [5, 5.41) is 18.0. The van der Waals surface area contributed by atoms with Crippen LogP contribution in [0, 0.1) is 0 Å². The maximum atomic E-state index is 11.5. The Morgan fingerprint density at radius 1 is 1.29 bits per heavy atom. The molecule has 0 unspecified atom stereocenters. The summed E-state index contributed by atoms with van der Waals surface area (Å²) in [7, 11) is 0. The van der Waals surface area contributed by atoms with Crippen LogP contribution >= 0.6 is 0 Å². The number of rotatable bonds is 3. The number of anilines is 1. The van der Waals surface area contributed by atoms with Gasteiger partial charge in [0.25, 0.3) is 0 Å². The Bertz CT molecular complexity index is 515. The van der Waals surface area contributed by atoms with Crippen molar-refractivity contribution in [2.24, 2.45) is 0 Å². The molecule has 1 aromatic carbocycles. The number of carbonyl (C=O) groups excluding carboxylic acids is 1. The summed E-state index contributed by atoms with van der Waals surface area (Å²) in [6, 6.07) is 8.22. The van der Waals surface area contributed by atoms with Crippen molar-refractivity contribution in [2.75, 3.05) is 5.32 Å². The van der Waals surface area contributed by atoms with E-state index in [9.17, 15) is 4.79 Å². The van der Waals surface area contributed by atoms with E-state index in [1.54, 1.807) is 42.6 Å². The lowest BCUT2D eigenvalue weighted by molar-refractivity contribution is -0.111. The fourth-order valence-electron chi connectivity index (χ4n) is 1.26. The minimum absolute atomic E-state index is 0.198. The Morgan fingerprint density at radius 2 is 2.06 bits per heavy atom. The second-order valence-electron chi connectivity index (χ2n) is 3.38. The van der Waals surface area contributed by atoms with Crippen LogP contribution in [-0.2, 0) is 4.79 Å². The van der Waals surface area contributed by atoms with E-state index < -0.39 is 0 Å².